The molecule has 2 amide bonds. The van der Waals surface area contributed by atoms with Crippen LogP contribution in [0.4, 0.5) is 0 Å². The van der Waals surface area contributed by atoms with Crippen molar-refractivity contribution in [2.75, 3.05) is 19.8 Å². The molecule has 184 valence electrons. The van der Waals surface area contributed by atoms with E-state index in [-0.39, 0.29) is 31.0 Å². The smallest absolute Gasteiger partial charge is 0.252 e. The van der Waals surface area contributed by atoms with Gasteiger partial charge < -0.3 is 29.9 Å². The van der Waals surface area contributed by atoms with E-state index in [0.717, 1.165) is 44.1 Å². The van der Waals surface area contributed by atoms with E-state index in [4.69, 9.17) is 9.47 Å². The summed E-state index contributed by atoms with van der Waals surface area (Å²) in [6.45, 7) is 0.526. The second kappa shape index (κ2) is 10.1. The van der Waals surface area contributed by atoms with E-state index in [1.54, 1.807) is 6.08 Å². The molecular weight excluding hydrogens is 436 g/mol. The first-order valence-electron chi connectivity index (χ1n) is 12.6. The number of benzene rings is 1. The van der Waals surface area contributed by atoms with Gasteiger partial charge in [0, 0.05) is 30.3 Å². The van der Waals surface area contributed by atoms with Crippen LogP contribution in [0.1, 0.15) is 56.4 Å². The lowest BCUT2D eigenvalue weighted by atomic mass is 9.76. The second-order valence-electron chi connectivity index (χ2n) is 9.72. The number of hydrogen-bond acceptors (Lipinski definition) is 6. The monoisotopic (exact) mass is 470 g/mol. The Kier molecular flexibility index (Phi) is 6.90. The van der Waals surface area contributed by atoms with Crippen molar-refractivity contribution in [1.82, 2.24) is 10.2 Å². The molecule has 2 heterocycles. The molecule has 2 aliphatic carbocycles. The fourth-order valence-electron chi connectivity index (χ4n) is 6.03. The van der Waals surface area contributed by atoms with Crippen LogP contribution in [0.25, 0.3) is 0 Å². The van der Waals surface area contributed by atoms with Gasteiger partial charge in [-0.1, -0.05) is 37.5 Å². The fourth-order valence-corrected chi connectivity index (χ4v) is 6.03. The number of fused-ring (bicyclic) bond motifs is 3. The molecule has 1 saturated heterocycles. The molecule has 2 aliphatic heterocycles. The van der Waals surface area contributed by atoms with Gasteiger partial charge in [0.05, 0.1) is 18.6 Å². The Balaban J connectivity index is 1.54. The van der Waals surface area contributed by atoms with E-state index in [2.05, 4.69) is 5.32 Å². The van der Waals surface area contributed by atoms with E-state index in [0.29, 0.717) is 24.4 Å². The van der Waals surface area contributed by atoms with Crippen LogP contribution in [0, 0.1) is 0 Å². The largest absolute Gasteiger partial charge is 0.486 e. The summed E-state index contributed by atoms with van der Waals surface area (Å²) in [5.74, 6) is -0.205. The van der Waals surface area contributed by atoms with E-state index in [1.165, 1.54) is 0 Å². The van der Waals surface area contributed by atoms with Crippen molar-refractivity contribution in [3.05, 3.63) is 41.5 Å². The summed E-state index contributed by atoms with van der Waals surface area (Å²) in [7, 11) is 0. The molecule has 5 atom stereocenters. The highest BCUT2D eigenvalue weighted by Crippen LogP contribution is 2.47. The Morgan fingerprint density at radius 2 is 1.88 bits per heavy atom. The minimum Gasteiger partial charge on any atom is -0.486 e. The minimum atomic E-state index is -0.987. The van der Waals surface area contributed by atoms with Gasteiger partial charge in [-0.25, -0.2) is 0 Å². The molecular formula is C26H34N2O6. The Morgan fingerprint density at radius 3 is 2.62 bits per heavy atom. The first-order chi connectivity index (χ1) is 16.6. The van der Waals surface area contributed by atoms with Crippen molar-refractivity contribution >= 4 is 11.8 Å². The standard InChI is InChI=1S/C26H34N2O6/c29-13-12-27-25(31)18-15-19(23(30)24-22(18)17-9-4-5-10-20(17)34-24)28(16-7-2-1-3-8-16)26(32)21-11-6-14-33-21/h4-5,9-10,15-16,19,21-24,29-30H,1-3,6-8,11-14H2,(H,27,31). The highest BCUT2D eigenvalue weighted by atomic mass is 16.5. The highest BCUT2D eigenvalue weighted by molar-refractivity contribution is 5.96. The van der Waals surface area contributed by atoms with E-state index >= 15 is 0 Å². The topological polar surface area (TPSA) is 108 Å². The van der Waals surface area contributed by atoms with Crippen LogP contribution >= 0.6 is 0 Å². The average molecular weight is 471 g/mol. The summed E-state index contributed by atoms with van der Waals surface area (Å²) in [5, 5.41) is 23.6. The molecule has 3 N–H and O–H groups in total. The molecule has 8 nitrogen and oxygen atoms in total. The van der Waals surface area contributed by atoms with Crippen molar-refractivity contribution < 1.29 is 29.3 Å². The van der Waals surface area contributed by atoms with Crippen molar-refractivity contribution in [3.8, 4) is 5.75 Å². The maximum absolute atomic E-state index is 13.7. The molecule has 8 heteroatoms. The quantitative estimate of drug-likeness (QED) is 0.584. The number of aliphatic hydroxyl groups is 2. The fraction of sp³-hybridized carbons (Fsp3) is 0.615. The Bertz CT molecular complexity index is 937. The van der Waals surface area contributed by atoms with Crippen molar-refractivity contribution in [3.63, 3.8) is 0 Å². The predicted molar refractivity (Wildman–Crippen MR) is 124 cm³/mol. The van der Waals surface area contributed by atoms with Gasteiger partial charge in [0.15, 0.2) is 0 Å². The lowest BCUT2D eigenvalue weighted by Crippen LogP contribution is -2.60. The number of nitrogens with zero attached hydrogens (tertiary/aromatic N) is 1. The summed E-state index contributed by atoms with van der Waals surface area (Å²) in [4.78, 5) is 28.8. The zero-order valence-electron chi connectivity index (χ0n) is 19.4. The normalized spacial score (nSPS) is 30.6. The number of para-hydroxylation sites is 1. The number of ether oxygens (including phenoxy) is 2. The second-order valence-corrected chi connectivity index (χ2v) is 9.72. The van der Waals surface area contributed by atoms with Crippen LogP contribution in [-0.2, 0) is 14.3 Å². The first-order valence-corrected chi connectivity index (χ1v) is 12.6. The molecule has 1 aromatic carbocycles. The highest BCUT2D eigenvalue weighted by Gasteiger charge is 2.52. The summed E-state index contributed by atoms with van der Waals surface area (Å²) in [6.07, 6.45) is 6.06. The van der Waals surface area contributed by atoms with Crippen LogP contribution in [0.3, 0.4) is 0 Å². The number of rotatable bonds is 6. The summed E-state index contributed by atoms with van der Waals surface area (Å²) >= 11 is 0. The van der Waals surface area contributed by atoms with Crippen LogP contribution in [0.2, 0.25) is 0 Å². The van der Waals surface area contributed by atoms with Gasteiger partial charge in [0.2, 0.25) is 5.91 Å². The van der Waals surface area contributed by atoms with Gasteiger partial charge in [-0.05, 0) is 37.8 Å². The SMILES string of the molecule is O=C(NCCO)C1=CC(N(C(=O)C2CCCO2)C2CCCCC2)C(O)C2Oc3ccccc3C12. The number of carbonyl (C=O) groups is 2. The first kappa shape index (κ1) is 23.3. The van der Waals surface area contributed by atoms with Crippen LogP contribution in [0.15, 0.2) is 35.9 Å². The van der Waals surface area contributed by atoms with Crippen LogP contribution < -0.4 is 10.1 Å². The molecule has 4 aliphatic rings. The number of nitrogens with one attached hydrogen (secondary N) is 1. The summed E-state index contributed by atoms with van der Waals surface area (Å²) < 4.78 is 11.9. The molecule has 34 heavy (non-hydrogen) atoms. The zero-order chi connectivity index (χ0) is 23.7. The molecule has 1 aromatic rings. The third-order valence-electron chi connectivity index (χ3n) is 7.63. The Hall–Kier alpha value is -2.42. The molecule has 0 bridgehead atoms. The van der Waals surface area contributed by atoms with Gasteiger partial charge in [-0.15, -0.1) is 0 Å². The van der Waals surface area contributed by atoms with Gasteiger partial charge in [-0.3, -0.25) is 9.59 Å². The third-order valence-corrected chi connectivity index (χ3v) is 7.63. The molecule has 2 fully saturated rings. The number of amides is 2. The summed E-state index contributed by atoms with van der Waals surface area (Å²) in [6, 6.07) is 6.81. The number of carbonyl (C=O) groups excluding carboxylic acids is 2. The Labute approximate surface area is 199 Å². The molecule has 5 rings (SSSR count). The minimum absolute atomic E-state index is 0.0107. The molecule has 0 radical (unpaired) electrons. The number of aliphatic hydroxyl groups excluding tert-OH is 2. The van der Waals surface area contributed by atoms with Gasteiger partial charge in [-0.2, -0.15) is 0 Å². The van der Waals surface area contributed by atoms with Crippen molar-refractivity contribution in [2.45, 2.75) is 81.3 Å². The van der Waals surface area contributed by atoms with E-state index < -0.39 is 30.3 Å². The lowest BCUT2D eigenvalue weighted by Gasteiger charge is -2.45. The van der Waals surface area contributed by atoms with Gasteiger partial charge in [0.1, 0.15) is 24.1 Å². The van der Waals surface area contributed by atoms with E-state index in [9.17, 15) is 19.8 Å². The van der Waals surface area contributed by atoms with Crippen LogP contribution in [0.5, 0.6) is 5.75 Å². The summed E-state index contributed by atoms with van der Waals surface area (Å²) in [5.41, 5.74) is 1.32. The lowest BCUT2D eigenvalue weighted by molar-refractivity contribution is -0.151. The zero-order valence-corrected chi connectivity index (χ0v) is 19.4. The maximum atomic E-state index is 13.7. The number of hydrogen-bond donors (Lipinski definition) is 3. The van der Waals surface area contributed by atoms with E-state index in [1.807, 2.05) is 29.2 Å². The predicted octanol–water partition coefficient (Wildman–Crippen LogP) is 1.65. The van der Waals surface area contributed by atoms with Gasteiger partial charge >= 0.3 is 0 Å². The maximum Gasteiger partial charge on any atom is 0.252 e. The molecule has 0 aromatic heterocycles. The molecule has 1 saturated carbocycles. The van der Waals surface area contributed by atoms with Crippen LogP contribution in [-0.4, -0.2) is 77.1 Å². The average Bonchev–Trinajstić information content (AvgIpc) is 3.53. The van der Waals surface area contributed by atoms with Crippen molar-refractivity contribution in [2.24, 2.45) is 0 Å². The molecule has 0 spiro atoms. The Morgan fingerprint density at radius 1 is 1.09 bits per heavy atom. The van der Waals surface area contributed by atoms with Crippen molar-refractivity contribution in [1.29, 1.82) is 0 Å². The third kappa shape index (κ3) is 4.23. The molecule has 5 unspecified atom stereocenters. The van der Waals surface area contributed by atoms with Gasteiger partial charge in [0.25, 0.3) is 5.91 Å².